The van der Waals surface area contributed by atoms with Crippen LogP contribution in [0.1, 0.15) is 37.9 Å². The van der Waals surface area contributed by atoms with Crippen molar-refractivity contribution in [2.75, 3.05) is 13.2 Å². The lowest BCUT2D eigenvalue weighted by Crippen LogP contribution is -2.23. The van der Waals surface area contributed by atoms with Gasteiger partial charge in [0.05, 0.1) is 11.9 Å². The number of hydrogen-bond donors (Lipinski definition) is 2. The smallest absolute Gasteiger partial charge is 0.141 e. The van der Waals surface area contributed by atoms with E-state index in [1.807, 2.05) is 0 Å². The zero-order chi connectivity index (χ0) is 11.8. The summed E-state index contributed by atoms with van der Waals surface area (Å²) < 4.78 is 12.7. The summed E-state index contributed by atoms with van der Waals surface area (Å²) in [7, 11) is 0. The Balaban J connectivity index is 2.44. The van der Waals surface area contributed by atoms with Crippen molar-refractivity contribution in [1.29, 1.82) is 0 Å². The molecule has 0 aliphatic heterocycles. The number of aromatic nitrogens is 1. The third kappa shape index (κ3) is 4.24. The highest BCUT2D eigenvalue weighted by Crippen LogP contribution is 2.13. The number of nitrogens with zero attached hydrogens (tertiary/aromatic N) is 1. The van der Waals surface area contributed by atoms with E-state index in [1.165, 1.54) is 12.3 Å². The molecule has 0 amide bonds. The molecule has 0 aromatic carbocycles. The van der Waals surface area contributed by atoms with E-state index in [0.717, 1.165) is 31.5 Å². The van der Waals surface area contributed by atoms with Crippen LogP contribution in [0.5, 0.6) is 0 Å². The molecule has 0 aliphatic carbocycles. The first-order valence-corrected chi connectivity index (χ1v) is 5.73. The van der Waals surface area contributed by atoms with Crippen molar-refractivity contribution >= 4 is 0 Å². The molecule has 16 heavy (non-hydrogen) atoms. The first kappa shape index (κ1) is 13.1. The fourth-order valence-electron chi connectivity index (χ4n) is 1.56. The summed E-state index contributed by atoms with van der Waals surface area (Å²) in [5.41, 5.74) is 0.868. The van der Waals surface area contributed by atoms with Crippen molar-refractivity contribution in [3.8, 4) is 0 Å². The van der Waals surface area contributed by atoms with E-state index in [4.69, 9.17) is 5.11 Å². The number of nitrogens with one attached hydrogen (secondary N) is 1. The van der Waals surface area contributed by atoms with Gasteiger partial charge in [0.15, 0.2) is 0 Å². The molecular formula is C12H19FN2O. The maximum absolute atomic E-state index is 12.7. The zero-order valence-electron chi connectivity index (χ0n) is 9.62. The Morgan fingerprint density at radius 1 is 1.44 bits per heavy atom. The summed E-state index contributed by atoms with van der Waals surface area (Å²) in [6.45, 7) is 3.14. The Labute approximate surface area is 95.7 Å². The monoisotopic (exact) mass is 226 g/mol. The summed E-state index contributed by atoms with van der Waals surface area (Å²) >= 11 is 0. The fraction of sp³-hybridized carbons (Fsp3) is 0.583. The SMILES string of the molecule is CCC(NCCCCO)c1ccc(F)cn1. The predicted octanol–water partition coefficient (Wildman–Crippen LogP) is 2.03. The van der Waals surface area contributed by atoms with Crippen LogP contribution in [0, 0.1) is 5.82 Å². The molecule has 1 aromatic heterocycles. The number of hydrogen-bond acceptors (Lipinski definition) is 3. The van der Waals surface area contributed by atoms with Gasteiger partial charge in [0.1, 0.15) is 5.82 Å². The Morgan fingerprint density at radius 2 is 2.25 bits per heavy atom. The normalized spacial score (nSPS) is 12.7. The van der Waals surface area contributed by atoms with Gasteiger partial charge in [-0.2, -0.15) is 0 Å². The van der Waals surface area contributed by atoms with Crippen LogP contribution in [-0.2, 0) is 0 Å². The van der Waals surface area contributed by atoms with Crippen LogP contribution in [0.25, 0.3) is 0 Å². The second-order valence-electron chi connectivity index (χ2n) is 3.75. The van der Waals surface area contributed by atoms with Crippen molar-refractivity contribution in [1.82, 2.24) is 10.3 Å². The van der Waals surface area contributed by atoms with Crippen molar-refractivity contribution in [2.45, 2.75) is 32.2 Å². The number of rotatable bonds is 7. The predicted molar refractivity (Wildman–Crippen MR) is 61.5 cm³/mol. The molecule has 0 fully saturated rings. The highest BCUT2D eigenvalue weighted by Gasteiger charge is 2.09. The lowest BCUT2D eigenvalue weighted by atomic mass is 10.1. The Hall–Kier alpha value is -1.00. The highest BCUT2D eigenvalue weighted by atomic mass is 19.1. The molecule has 1 atom stereocenters. The largest absolute Gasteiger partial charge is 0.396 e. The molecule has 2 N–H and O–H groups in total. The molecule has 0 saturated carbocycles. The maximum Gasteiger partial charge on any atom is 0.141 e. The van der Waals surface area contributed by atoms with Crippen LogP contribution in [0.3, 0.4) is 0 Å². The van der Waals surface area contributed by atoms with Crippen LogP contribution in [-0.4, -0.2) is 23.2 Å². The number of aliphatic hydroxyl groups excluding tert-OH is 1. The van der Waals surface area contributed by atoms with Gasteiger partial charge in [0.25, 0.3) is 0 Å². The zero-order valence-corrected chi connectivity index (χ0v) is 9.62. The molecule has 4 heteroatoms. The van der Waals surface area contributed by atoms with Gasteiger partial charge in [-0.15, -0.1) is 0 Å². The summed E-state index contributed by atoms with van der Waals surface area (Å²) in [5, 5.41) is 12.0. The number of aliphatic hydroxyl groups is 1. The van der Waals surface area contributed by atoms with Gasteiger partial charge >= 0.3 is 0 Å². The first-order valence-electron chi connectivity index (χ1n) is 5.73. The van der Waals surface area contributed by atoms with E-state index in [0.29, 0.717) is 0 Å². The molecule has 0 spiro atoms. The third-order valence-corrected chi connectivity index (χ3v) is 2.49. The maximum atomic E-state index is 12.7. The minimum atomic E-state index is -0.307. The van der Waals surface area contributed by atoms with E-state index in [1.54, 1.807) is 6.07 Å². The Kier molecular flexibility index (Phi) is 5.96. The minimum Gasteiger partial charge on any atom is -0.396 e. The molecule has 90 valence electrons. The van der Waals surface area contributed by atoms with Crippen molar-refractivity contribution < 1.29 is 9.50 Å². The standard InChI is InChI=1S/C12H19FN2O/c1-2-11(14-7-3-4-8-16)12-6-5-10(13)9-15-12/h5-6,9,11,14,16H,2-4,7-8H2,1H3. The molecule has 1 unspecified atom stereocenters. The lowest BCUT2D eigenvalue weighted by Gasteiger charge is -2.16. The quantitative estimate of drug-likeness (QED) is 0.699. The van der Waals surface area contributed by atoms with Crippen molar-refractivity contribution in [2.24, 2.45) is 0 Å². The van der Waals surface area contributed by atoms with E-state index >= 15 is 0 Å². The van der Waals surface area contributed by atoms with E-state index in [9.17, 15) is 4.39 Å². The minimum absolute atomic E-state index is 0.166. The molecule has 3 nitrogen and oxygen atoms in total. The average molecular weight is 226 g/mol. The molecule has 1 aromatic rings. The average Bonchev–Trinajstić information content (AvgIpc) is 2.31. The summed E-state index contributed by atoms with van der Waals surface area (Å²) in [5.74, 6) is -0.307. The third-order valence-electron chi connectivity index (χ3n) is 2.49. The molecule has 0 radical (unpaired) electrons. The Bertz CT molecular complexity index is 290. The van der Waals surface area contributed by atoms with Gasteiger partial charge in [-0.3, -0.25) is 4.98 Å². The van der Waals surface area contributed by atoms with Crippen molar-refractivity contribution in [3.63, 3.8) is 0 Å². The summed E-state index contributed by atoms with van der Waals surface area (Å²) in [6, 6.07) is 3.31. The second-order valence-corrected chi connectivity index (χ2v) is 3.75. The van der Waals surface area contributed by atoms with Crippen LogP contribution in [0.4, 0.5) is 4.39 Å². The number of unbranched alkanes of at least 4 members (excludes halogenated alkanes) is 1. The number of halogens is 1. The Morgan fingerprint density at radius 3 is 2.81 bits per heavy atom. The molecule has 0 bridgehead atoms. The van der Waals surface area contributed by atoms with E-state index < -0.39 is 0 Å². The topological polar surface area (TPSA) is 45.1 Å². The van der Waals surface area contributed by atoms with Gasteiger partial charge in [0, 0.05) is 12.6 Å². The number of pyridine rings is 1. The van der Waals surface area contributed by atoms with Gasteiger partial charge in [-0.25, -0.2) is 4.39 Å². The van der Waals surface area contributed by atoms with Crippen LogP contribution in [0.2, 0.25) is 0 Å². The fourth-order valence-corrected chi connectivity index (χ4v) is 1.56. The van der Waals surface area contributed by atoms with Gasteiger partial charge in [-0.1, -0.05) is 6.92 Å². The van der Waals surface area contributed by atoms with Gasteiger partial charge in [-0.05, 0) is 37.9 Å². The molecular weight excluding hydrogens is 207 g/mol. The van der Waals surface area contributed by atoms with E-state index in [2.05, 4.69) is 17.2 Å². The van der Waals surface area contributed by atoms with E-state index in [-0.39, 0.29) is 18.5 Å². The summed E-state index contributed by atoms with van der Waals surface area (Å²) in [4.78, 5) is 4.06. The summed E-state index contributed by atoms with van der Waals surface area (Å²) in [6.07, 6.45) is 3.90. The highest BCUT2D eigenvalue weighted by molar-refractivity contribution is 5.09. The second kappa shape index (κ2) is 7.30. The van der Waals surface area contributed by atoms with Gasteiger partial charge in [0.2, 0.25) is 0 Å². The first-order chi connectivity index (χ1) is 7.77. The molecule has 0 saturated heterocycles. The molecule has 1 heterocycles. The van der Waals surface area contributed by atoms with Crippen LogP contribution < -0.4 is 5.32 Å². The van der Waals surface area contributed by atoms with Crippen LogP contribution >= 0.6 is 0 Å². The van der Waals surface area contributed by atoms with Gasteiger partial charge < -0.3 is 10.4 Å². The molecule has 1 rings (SSSR count). The van der Waals surface area contributed by atoms with Crippen molar-refractivity contribution in [3.05, 3.63) is 29.8 Å². The molecule has 0 aliphatic rings. The van der Waals surface area contributed by atoms with Crippen LogP contribution in [0.15, 0.2) is 18.3 Å². The lowest BCUT2D eigenvalue weighted by molar-refractivity contribution is 0.282.